The molecule has 0 unspecified atom stereocenters. The van der Waals surface area contributed by atoms with Crippen LogP contribution in [0.25, 0.3) is 6.08 Å². The lowest BCUT2D eigenvalue weighted by Gasteiger charge is -2.10. The highest BCUT2D eigenvalue weighted by Gasteiger charge is 2.14. The average molecular weight is 638 g/mol. The molecule has 0 atom stereocenters. The molecule has 0 saturated heterocycles. The van der Waals surface area contributed by atoms with Crippen molar-refractivity contribution >= 4 is 18.0 Å². The highest BCUT2D eigenvalue weighted by Crippen LogP contribution is 2.30. The van der Waals surface area contributed by atoms with Gasteiger partial charge in [0.05, 0.1) is 13.7 Å². The number of hydrogen-bond acceptors (Lipinski definition) is 8. The second-order valence-corrected chi connectivity index (χ2v) is 11.3. The van der Waals surface area contributed by atoms with Crippen LogP contribution in [0, 0.1) is 16.0 Å². The zero-order valence-electron chi connectivity index (χ0n) is 27.5. The summed E-state index contributed by atoms with van der Waals surface area (Å²) in [6, 6.07) is 16.0. The first-order valence-corrected chi connectivity index (χ1v) is 16.5. The summed E-state index contributed by atoms with van der Waals surface area (Å²) in [5.74, 6) is 1.05. The van der Waals surface area contributed by atoms with Gasteiger partial charge in [0.25, 0.3) is 5.09 Å². The summed E-state index contributed by atoms with van der Waals surface area (Å²) in [4.78, 5) is 37.5. The predicted molar refractivity (Wildman–Crippen MR) is 180 cm³/mol. The lowest BCUT2D eigenvalue weighted by atomic mass is 9.98. The molecule has 2 aromatic carbocycles. The van der Waals surface area contributed by atoms with Gasteiger partial charge in [0.2, 0.25) is 0 Å². The summed E-state index contributed by atoms with van der Waals surface area (Å²) in [5.41, 5.74) is 2.28. The number of nitrogens with zero attached hydrogens (tertiary/aromatic N) is 1. The minimum atomic E-state index is -0.903. The number of hydrogen-bond donors (Lipinski definition) is 0. The Bertz CT molecular complexity index is 1210. The summed E-state index contributed by atoms with van der Waals surface area (Å²) < 4.78 is 15.6. The van der Waals surface area contributed by atoms with E-state index in [4.69, 9.17) is 14.2 Å². The maximum atomic E-state index is 11.9. The maximum absolute atomic E-state index is 11.9. The lowest BCUT2D eigenvalue weighted by Crippen LogP contribution is -2.08. The van der Waals surface area contributed by atoms with E-state index < -0.39 is 11.1 Å². The van der Waals surface area contributed by atoms with Gasteiger partial charge in [-0.05, 0) is 74.3 Å². The highest BCUT2D eigenvalue weighted by molar-refractivity contribution is 5.73. The lowest BCUT2D eigenvalue weighted by molar-refractivity contribution is -0.757. The van der Waals surface area contributed by atoms with E-state index in [1.54, 1.807) is 30.4 Å². The third kappa shape index (κ3) is 18.0. The van der Waals surface area contributed by atoms with Crippen molar-refractivity contribution in [3.8, 4) is 11.5 Å². The number of benzene rings is 2. The topological polar surface area (TPSA) is 114 Å². The number of rotatable bonds is 20. The largest absolute Gasteiger partial charge is 0.493 e. The molecular weight excluding hydrogens is 586 g/mol. The molecule has 0 bridgehead atoms. The Morgan fingerprint density at radius 1 is 0.913 bits per heavy atom. The van der Waals surface area contributed by atoms with Crippen molar-refractivity contribution in [2.45, 2.75) is 96.8 Å². The predicted octanol–water partition coefficient (Wildman–Crippen LogP) is 8.87. The molecule has 9 nitrogen and oxygen atoms in total. The van der Waals surface area contributed by atoms with Crippen LogP contribution in [0.15, 0.2) is 66.8 Å². The Morgan fingerprint density at radius 3 is 2.39 bits per heavy atom. The van der Waals surface area contributed by atoms with Gasteiger partial charge in [0, 0.05) is 12.8 Å². The second kappa shape index (κ2) is 24.1. The molecule has 9 heteroatoms. The molecule has 2 aromatic rings. The smallest absolute Gasteiger partial charge is 0.311 e. The number of aryl methyl sites for hydroxylation is 1. The van der Waals surface area contributed by atoms with Crippen molar-refractivity contribution in [1.82, 2.24) is 0 Å². The van der Waals surface area contributed by atoms with Gasteiger partial charge in [-0.1, -0.05) is 99.6 Å². The monoisotopic (exact) mass is 637 g/mol. The van der Waals surface area contributed by atoms with Gasteiger partial charge in [-0.3, -0.25) is 9.59 Å². The molecule has 1 fully saturated rings. The number of allylic oxidation sites excluding steroid dienone is 2. The van der Waals surface area contributed by atoms with Crippen LogP contribution in [0.1, 0.15) is 102 Å². The highest BCUT2D eigenvalue weighted by atomic mass is 16.9. The van der Waals surface area contributed by atoms with E-state index in [9.17, 15) is 19.7 Å². The summed E-state index contributed by atoms with van der Waals surface area (Å²) >= 11 is 0. The van der Waals surface area contributed by atoms with Crippen LogP contribution < -0.4 is 9.47 Å². The molecule has 46 heavy (non-hydrogen) atoms. The number of carbonyl (C=O) groups excluding carboxylic acids is 2. The zero-order chi connectivity index (χ0) is 33.2. The quantitative estimate of drug-likeness (QED) is 0.0353. The second-order valence-electron chi connectivity index (χ2n) is 11.3. The van der Waals surface area contributed by atoms with Crippen LogP contribution in [0.3, 0.4) is 0 Å². The van der Waals surface area contributed by atoms with Gasteiger partial charge in [-0.2, -0.15) is 0 Å². The Hall–Kier alpha value is -4.14. The summed E-state index contributed by atoms with van der Waals surface area (Å²) in [5, 5.41) is 9.09. The van der Waals surface area contributed by atoms with E-state index >= 15 is 0 Å². The van der Waals surface area contributed by atoms with Gasteiger partial charge in [0.1, 0.15) is 6.61 Å². The molecule has 252 valence electrons. The molecule has 0 aliphatic heterocycles. The zero-order valence-corrected chi connectivity index (χ0v) is 27.5. The minimum absolute atomic E-state index is 0.0320. The van der Waals surface area contributed by atoms with Gasteiger partial charge in [-0.25, -0.2) is 0 Å². The van der Waals surface area contributed by atoms with Crippen molar-refractivity contribution < 1.29 is 33.7 Å². The molecule has 0 aromatic heterocycles. The third-order valence-corrected chi connectivity index (χ3v) is 7.67. The standard InChI is InChI=1S/C21H27NO8.C16H24/c1-3-4-5-6-10-21(24)30-18-13-12-17(16-19(18)27-2)9-7-14-28-20(23)11-8-15-29-22(25)26;1-3-9-15(10-4-1)11-5-2-6-12-16-13-7-8-14-16/h3-4,7,9,12-13,16H,5-6,8,10-11,14-15H2,1-2H3;1,3-4,9-10,16H,2,5-8,11-14H2/b4-3-,9-7+;. The molecule has 1 aliphatic rings. The first kappa shape index (κ1) is 38.0. The third-order valence-electron chi connectivity index (χ3n) is 7.67. The molecule has 0 N–H and O–H groups in total. The number of unbranched alkanes of at least 4 members (excludes halogenated alkanes) is 3. The molecule has 0 heterocycles. The fourth-order valence-corrected chi connectivity index (χ4v) is 5.21. The molecular formula is C37H51NO8. The van der Waals surface area contributed by atoms with Crippen molar-refractivity contribution in [3.05, 3.63) is 88.0 Å². The molecule has 0 spiro atoms. The van der Waals surface area contributed by atoms with E-state index in [1.807, 2.05) is 19.1 Å². The van der Waals surface area contributed by atoms with E-state index in [-0.39, 0.29) is 32.0 Å². The molecule has 0 amide bonds. The SMILES string of the molecule is C/C=C\CCCC(=O)Oc1ccc(/C=C/COC(=O)CCCO[N+](=O)[O-])cc1OC.c1ccc(CCCCCC2CCCC2)cc1. The summed E-state index contributed by atoms with van der Waals surface area (Å²) in [7, 11) is 1.48. The van der Waals surface area contributed by atoms with Crippen molar-refractivity contribution in [2.75, 3.05) is 20.3 Å². The number of methoxy groups -OCH3 is 1. The van der Waals surface area contributed by atoms with E-state index in [2.05, 4.69) is 35.2 Å². The van der Waals surface area contributed by atoms with Crippen LogP contribution >= 0.6 is 0 Å². The average Bonchev–Trinajstić information content (AvgIpc) is 3.58. The first-order chi connectivity index (χ1) is 22.4. The maximum Gasteiger partial charge on any atom is 0.311 e. The molecule has 1 saturated carbocycles. The fraction of sp³-hybridized carbons (Fsp3) is 0.514. The van der Waals surface area contributed by atoms with Gasteiger partial charge < -0.3 is 19.0 Å². The molecule has 1 aliphatic carbocycles. The molecule has 0 radical (unpaired) electrons. The summed E-state index contributed by atoms with van der Waals surface area (Å²) in [6.45, 7) is 1.84. The van der Waals surface area contributed by atoms with E-state index in [0.717, 1.165) is 17.9 Å². The van der Waals surface area contributed by atoms with Crippen LogP contribution in [0.2, 0.25) is 0 Å². The van der Waals surface area contributed by atoms with Gasteiger partial charge >= 0.3 is 11.9 Å². The van der Waals surface area contributed by atoms with Crippen molar-refractivity contribution in [2.24, 2.45) is 5.92 Å². The minimum Gasteiger partial charge on any atom is -0.493 e. The fourth-order valence-electron chi connectivity index (χ4n) is 5.21. The Morgan fingerprint density at radius 2 is 1.67 bits per heavy atom. The first-order valence-electron chi connectivity index (χ1n) is 16.5. The number of ether oxygens (including phenoxy) is 3. The van der Waals surface area contributed by atoms with Crippen LogP contribution in [0.4, 0.5) is 0 Å². The Balaban J connectivity index is 0.000000383. The van der Waals surface area contributed by atoms with Crippen molar-refractivity contribution in [3.63, 3.8) is 0 Å². The Labute approximate surface area is 274 Å². The van der Waals surface area contributed by atoms with Crippen molar-refractivity contribution in [1.29, 1.82) is 0 Å². The van der Waals surface area contributed by atoms with Gasteiger partial charge in [-0.15, -0.1) is 10.1 Å². The van der Waals surface area contributed by atoms with Crippen LogP contribution in [0.5, 0.6) is 11.5 Å². The van der Waals surface area contributed by atoms with E-state index in [1.165, 1.54) is 70.5 Å². The number of carbonyl (C=O) groups is 2. The van der Waals surface area contributed by atoms with E-state index in [0.29, 0.717) is 24.3 Å². The number of esters is 2. The molecule has 3 rings (SSSR count). The van der Waals surface area contributed by atoms with Crippen LogP contribution in [-0.4, -0.2) is 37.3 Å². The normalized spacial score (nSPS) is 12.9. The Kier molecular flexibility index (Phi) is 20.0. The summed E-state index contributed by atoms with van der Waals surface area (Å²) in [6.07, 6.45) is 22.4. The van der Waals surface area contributed by atoms with Crippen LogP contribution in [-0.2, 0) is 25.6 Å². The van der Waals surface area contributed by atoms with Gasteiger partial charge in [0.15, 0.2) is 11.5 Å².